The zero-order valence-electron chi connectivity index (χ0n) is 24.4. The molecule has 0 atom stereocenters. The average Bonchev–Trinajstić information content (AvgIpc) is 2.84. The van der Waals surface area contributed by atoms with E-state index >= 15 is 0 Å². The van der Waals surface area contributed by atoms with Crippen LogP contribution in [0.15, 0.2) is 53.4 Å². The molecule has 2 N–H and O–H groups in total. The highest BCUT2D eigenvalue weighted by Crippen LogP contribution is 2.37. The first kappa shape index (κ1) is 29.4. The molecule has 0 bridgehead atoms. The summed E-state index contributed by atoms with van der Waals surface area (Å²) in [5.74, 6) is 1.24. The predicted molar refractivity (Wildman–Crippen MR) is 161 cm³/mol. The largest absolute Gasteiger partial charge is 0.495 e. The number of hydrogen-bond acceptors (Lipinski definition) is 5. The van der Waals surface area contributed by atoms with E-state index < -0.39 is 10.0 Å². The Balaban J connectivity index is 1.93. The Morgan fingerprint density at radius 1 is 0.789 bits per heavy atom. The molecule has 3 rings (SSSR count). The molecule has 0 heterocycles. The van der Waals surface area contributed by atoms with Crippen molar-refractivity contribution in [3.63, 3.8) is 0 Å². The van der Waals surface area contributed by atoms with Gasteiger partial charge in [-0.1, -0.05) is 53.7 Å². The van der Waals surface area contributed by atoms with Gasteiger partial charge >= 0.3 is 0 Å². The predicted octanol–water partition coefficient (Wildman–Crippen LogP) is 7.98. The van der Waals surface area contributed by atoms with Gasteiger partial charge in [-0.2, -0.15) is 0 Å². The van der Waals surface area contributed by atoms with Crippen molar-refractivity contribution < 1.29 is 13.2 Å². The van der Waals surface area contributed by atoms with Gasteiger partial charge in [0.2, 0.25) is 0 Å². The minimum atomic E-state index is -3.80. The van der Waals surface area contributed by atoms with E-state index in [0.29, 0.717) is 16.5 Å². The van der Waals surface area contributed by atoms with Crippen LogP contribution in [0.3, 0.4) is 0 Å². The Hall–Kier alpha value is -3.19. The summed E-state index contributed by atoms with van der Waals surface area (Å²) < 4.78 is 35.9. The molecule has 0 aliphatic rings. The second-order valence-electron chi connectivity index (χ2n) is 11.0. The lowest BCUT2D eigenvalue weighted by molar-refractivity contribution is 0.415. The molecule has 0 amide bonds. The van der Waals surface area contributed by atoms with E-state index in [-0.39, 0.29) is 11.8 Å². The Morgan fingerprint density at radius 3 is 1.76 bits per heavy atom. The summed E-state index contributed by atoms with van der Waals surface area (Å²) in [5, 5.41) is 3.42. The zero-order chi connectivity index (χ0) is 28.4. The van der Waals surface area contributed by atoms with E-state index in [9.17, 15) is 8.42 Å². The first-order chi connectivity index (χ1) is 17.7. The monoisotopic (exact) mass is 537 g/mol. The molecule has 0 spiro atoms. The molecule has 0 aliphatic carbocycles. The molecule has 206 valence electrons. The Kier molecular flexibility index (Phi) is 9.03. The Bertz CT molecular complexity index is 1350. The minimum Gasteiger partial charge on any atom is -0.495 e. The summed E-state index contributed by atoms with van der Waals surface area (Å²) >= 11 is 0. The highest BCUT2D eigenvalue weighted by molar-refractivity contribution is 7.92. The molecule has 0 fully saturated rings. The first-order valence-corrected chi connectivity index (χ1v) is 14.7. The number of aryl methyl sites for hydroxylation is 1. The molecule has 0 radical (unpaired) electrons. The summed E-state index contributed by atoms with van der Waals surface area (Å²) in [6, 6.07) is 15.5. The van der Waals surface area contributed by atoms with Gasteiger partial charge in [-0.3, -0.25) is 4.72 Å². The lowest BCUT2D eigenvalue weighted by atomic mass is 9.89. The van der Waals surface area contributed by atoms with Gasteiger partial charge in [0.25, 0.3) is 10.0 Å². The fourth-order valence-electron chi connectivity index (χ4n) is 4.50. The number of benzene rings is 3. The van der Waals surface area contributed by atoms with Gasteiger partial charge in [0.05, 0.1) is 17.7 Å². The van der Waals surface area contributed by atoms with Crippen LogP contribution in [0, 0.1) is 6.92 Å². The van der Waals surface area contributed by atoms with Crippen molar-refractivity contribution in [3.05, 3.63) is 70.8 Å². The van der Waals surface area contributed by atoms with E-state index in [0.717, 1.165) is 45.1 Å². The minimum absolute atomic E-state index is 0.0727. The second-order valence-corrected chi connectivity index (χ2v) is 12.7. The van der Waals surface area contributed by atoms with Crippen molar-refractivity contribution in [3.8, 4) is 5.75 Å². The topological polar surface area (TPSA) is 70.7 Å². The standard InChI is InChI=1S/C31H43N3O3S/c1-19(2)23-16-26(20(3)4)31(27(17-23)21(5)6)38(35,36)33-25-13-11-24(12-14-25)32-28-18-30(37-10)29(34(8)9)15-22(28)7/h11-21,32-33H,1-10H3. The molecule has 0 saturated heterocycles. The van der Waals surface area contributed by atoms with E-state index in [1.54, 1.807) is 19.2 Å². The van der Waals surface area contributed by atoms with Crippen molar-refractivity contribution in [2.75, 3.05) is 36.1 Å². The van der Waals surface area contributed by atoms with Crippen LogP contribution < -0.4 is 19.7 Å². The summed E-state index contributed by atoms with van der Waals surface area (Å²) in [6.45, 7) is 14.5. The third kappa shape index (κ3) is 6.44. The first-order valence-electron chi connectivity index (χ1n) is 13.2. The van der Waals surface area contributed by atoms with Gasteiger partial charge in [0.1, 0.15) is 5.75 Å². The molecule has 7 heteroatoms. The quantitative estimate of drug-likeness (QED) is 0.274. The molecule has 0 unspecified atom stereocenters. The SMILES string of the molecule is COc1cc(Nc2ccc(NS(=O)(=O)c3c(C(C)C)cc(C(C)C)cc3C(C)C)cc2)c(C)cc1N(C)C. The number of nitrogens with zero attached hydrogens (tertiary/aromatic N) is 1. The number of methoxy groups -OCH3 is 1. The van der Waals surface area contributed by atoms with Crippen LogP contribution >= 0.6 is 0 Å². The lowest BCUT2D eigenvalue weighted by Gasteiger charge is -2.23. The fraction of sp³-hybridized carbons (Fsp3) is 0.419. The van der Waals surface area contributed by atoms with Crippen LogP contribution in [0.4, 0.5) is 22.7 Å². The van der Waals surface area contributed by atoms with Gasteiger partial charge in [-0.15, -0.1) is 0 Å². The lowest BCUT2D eigenvalue weighted by Crippen LogP contribution is -2.19. The molecule has 0 aliphatic heterocycles. The Morgan fingerprint density at radius 2 is 1.32 bits per heavy atom. The highest BCUT2D eigenvalue weighted by Gasteiger charge is 2.27. The maximum absolute atomic E-state index is 13.8. The summed E-state index contributed by atoms with van der Waals surface area (Å²) in [6.07, 6.45) is 0. The summed E-state index contributed by atoms with van der Waals surface area (Å²) in [7, 11) is 1.83. The third-order valence-corrected chi connectivity index (χ3v) is 8.29. The number of anilines is 4. The van der Waals surface area contributed by atoms with Gasteiger partial charge in [0.15, 0.2) is 0 Å². The molecule has 6 nitrogen and oxygen atoms in total. The highest BCUT2D eigenvalue weighted by atomic mass is 32.2. The van der Waals surface area contributed by atoms with Crippen LogP contribution in [0.2, 0.25) is 0 Å². The maximum Gasteiger partial charge on any atom is 0.262 e. The van der Waals surface area contributed by atoms with E-state index in [1.165, 1.54) is 0 Å². The van der Waals surface area contributed by atoms with Crippen molar-refractivity contribution in [1.29, 1.82) is 0 Å². The van der Waals surface area contributed by atoms with Gasteiger partial charge < -0.3 is 15.0 Å². The van der Waals surface area contributed by atoms with E-state index in [4.69, 9.17) is 4.74 Å². The van der Waals surface area contributed by atoms with Crippen LogP contribution in [-0.4, -0.2) is 29.6 Å². The van der Waals surface area contributed by atoms with Crippen molar-refractivity contribution in [2.24, 2.45) is 0 Å². The van der Waals surface area contributed by atoms with Gasteiger partial charge in [-0.25, -0.2) is 8.42 Å². The number of rotatable bonds is 10. The maximum atomic E-state index is 13.8. The number of ether oxygens (including phenoxy) is 1. The smallest absolute Gasteiger partial charge is 0.262 e. The van der Waals surface area contributed by atoms with Crippen LogP contribution in [0.1, 0.15) is 81.5 Å². The Labute approximate surface area is 229 Å². The zero-order valence-corrected chi connectivity index (χ0v) is 25.2. The van der Waals surface area contributed by atoms with Crippen LogP contribution in [-0.2, 0) is 10.0 Å². The van der Waals surface area contributed by atoms with Crippen LogP contribution in [0.25, 0.3) is 0 Å². The van der Waals surface area contributed by atoms with Crippen molar-refractivity contribution in [2.45, 2.75) is 71.1 Å². The fourth-order valence-corrected chi connectivity index (χ4v) is 6.26. The summed E-state index contributed by atoms with van der Waals surface area (Å²) in [4.78, 5) is 2.42. The van der Waals surface area contributed by atoms with Gasteiger partial charge in [-0.05, 0) is 77.3 Å². The van der Waals surface area contributed by atoms with Crippen molar-refractivity contribution >= 4 is 32.8 Å². The number of sulfonamides is 1. The normalized spacial score (nSPS) is 11.8. The van der Waals surface area contributed by atoms with Gasteiger partial charge in [0, 0.05) is 37.2 Å². The average molecular weight is 538 g/mol. The summed E-state index contributed by atoms with van der Waals surface area (Å²) in [5.41, 5.74) is 7.25. The molecule has 38 heavy (non-hydrogen) atoms. The number of nitrogens with one attached hydrogen (secondary N) is 2. The van der Waals surface area contributed by atoms with E-state index in [2.05, 4.69) is 42.1 Å². The van der Waals surface area contributed by atoms with Crippen molar-refractivity contribution in [1.82, 2.24) is 0 Å². The molecule has 3 aromatic carbocycles. The molecular formula is C31H43N3O3S. The third-order valence-electron chi connectivity index (χ3n) is 6.77. The van der Waals surface area contributed by atoms with E-state index in [1.807, 2.05) is 71.8 Å². The second kappa shape index (κ2) is 11.7. The molecule has 0 saturated carbocycles. The van der Waals surface area contributed by atoms with Crippen LogP contribution in [0.5, 0.6) is 5.75 Å². The molecule has 0 aromatic heterocycles. The molecular weight excluding hydrogens is 494 g/mol. The number of hydrogen-bond donors (Lipinski definition) is 2. The molecule has 3 aromatic rings.